The Bertz CT molecular complexity index is 75.5. The summed E-state index contributed by atoms with van der Waals surface area (Å²) in [4.78, 5) is 0. The first-order chi connectivity index (χ1) is 2.82. The van der Waals surface area contributed by atoms with Gasteiger partial charge in [0.05, 0.1) is 0 Å². The molecule has 0 spiro atoms. The van der Waals surface area contributed by atoms with Crippen LogP contribution in [0, 0.1) is 0 Å². The summed E-state index contributed by atoms with van der Waals surface area (Å²) in [6, 6.07) is 0. The average molecular weight is 447 g/mol. The first-order valence-electron chi connectivity index (χ1n) is 1.47. The molecule has 2 rings (SSSR count). The predicted molar refractivity (Wildman–Crippen MR) is 14.0 cm³/mol. The Morgan fingerprint density at radius 2 is 1.33 bits per heavy atom. The summed E-state index contributed by atoms with van der Waals surface area (Å²) in [5.74, 6) is 0. The SMILES string of the molecule is C[O+]1[Ir]2[O+](C)[Ir]12. The fourth-order valence-corrected chi connectivity index (χ4v) is 28.1. The van der Waals surface area contributed by atoms with Gasteiger partial charge in [0, 0.05) is 0 Å². The molecule has 2 heterocycles. The molecule has 0 aromatic carbocycles. The molecule has 2 aliphatic rings. The van der Waals surface area contributed by atoms with Crippen molar-refractivity contribution in [2.75, 3.05) is 14.2 Å². The predicted octanol–water partition coefficient (Wildman–Crippen LogP) is 0.189. The number of hydrogen-bond acceptors (Lipinski definition) is 0. The van der Waals surface area contributed by atoms with E-state index in [0.717, 1.165) is 0 Å². The molecule has 6 heavy (non-hydrogen) atoms. The molecule has 2 aliphatic heterocycles. The maximum absolute atomic E-state index is 3.27. The van der Waals surface area contributed by atoms with E-state index in [9.17, 15) is 0 Å². The quantitative estimate of drug-likeness (QED) is 0.370. The molecule has 0 unspecified atom stereocenters. The van der Waals surface area contributed by atoms with Crippen LogP contribution in [0.5, 0.6) is 0 Å². The molecule has 0 saturated carbocycles. The summed E-state index contributed by atoms with van der Waals surface area (Å²) in [6.07, 6.45) is 0. The van der Waals surface area contributed by atoms with E-state index in [1.54, 1.807) is 0 Å². The van der Waals surface area contributed by atoms with Gasteiger partial charge in [0.2, 0.25) is 0 Å². The molecule has 0 radical (unpaired) electrons. The summed E-state index contributed by atoms with van der Waals surface area (Å²) in [7, 11) is 4.38. The second kappa shape index (κ2) is 0.969. The van der Waals surface area contributed by atoms with E-state index in [1.165, 1.54) is 0 Å². The van der Waals surface area contributed by atoms with E-state index in [-0.39, 0.29) is 0 Å². The van der Waals surface area contributed by atoms with E-state index in [1.807, 2.05) is 0 Å². The number of hydrogen-bond donors (Lipinski definition) is 0. The zero-order chi connectivity index (χ0) is 4.31. The molecular weight excluding hydrogens is 440 g/mol. The maximum atomic E-state index is 3.27. The van der Waals surface area contributed by atoms with Gasteiger partial charge >= 0.3 is 47.0 Å². The average Bonchev–Trinajstić information content (AvgIpc) is 2.28. The minimum atomic E-state index is -0.463. The van der Waals surface area contributed by atoms with Crippen LogP contribution in [-0.2, 0) is 32.8 Å². The van der Waals surface area contributed by atoms with Crippen molar-refractivity contribution >= 4 is 0 Å². The second-order valence-corrected chi connectivity index (χ2v) is 23.6. The topological polar surface area (TPSA) is 5.40 Å². The molecule has 2 saturated heterocycles. The standard InChI is InChI=1S/2CH3O.2Ir/c2*1-2;;/h2*1H3;;/q2*+1;;. The third kappa shape index (κ3) is 0.313. The van der Waals surface area contributed by atoms with Crippen molar-refractivity contribution in [3.63, 3.8) is 0 Å². The Morgan fingerprint density at radius 3 is 1.33 bits per heavy atom. The normalized spacial score (nSPS) is 43.0. The molecule has 0 bridgehead atoms. The van der Waals surface area contributed by atoms with Gasteiger partial charge < -0.3 is 0 Å². The van der Waals surface area contributed by atoms with Crippen molar-refractivity contribution in [1.82, 2.24) is 0 Å². The third-order valence-corrected chi connectivity index (χ3v) is 27.5. The summed E-state index contributed by atoms with van der Waals surface area (Å²) in [5, 5.41) is 0. The van der Waals surface area contributed by atoms with Gasteiger partial charge in [0.1, 0.15) is 0 Å². The first kappa shape index (κ1) is 4.13. The van der Waals surface area contributed by atoms with E-state index < -0.39 is 29.1 Å². The van der Waals surface area contributed by atoms with E-state index in [0.29, 0.717) is 0 Å². The van der Waals surface area contributed by atoms with Crippen molar-refractivity contribution in [1.29, 1.82) is 0 Å². The molecule has 0 aromatic heterocycles. The van der Waals surface area contributed by atoms with Gasteiger partial charge in [-0.3, -0.25) is 0 Å². The van der Waals surface area contributed by atoms with Crippen LogP contribution in [-0.4, -0.2) is 14.2 Å². The van der Waals surface area contributed by atoms with E-state index >= 15 is 0 Å². The second-order valence-electron chi connectivity index (χ2n) is 0.928. The zero-order valence-electron chi connectivity index (χ0n) is 3.48. The van der Waals surface area contributed by atoms with Gasteiger partial charge in [0.25, 0.3) is 0 Å². The Morgan fingerprint density at radius 1 is 1.00 bits per heavy atom. The van der Waals surface area contributed by atoms with Crippen LogP contribution in [0.25, 0.3) is 0 Å². The van der Waals surface area contributed by atoms with Crippen molar-refractivity contribution in [2.24, 2.45) is 0 Å². The minimum absolute atomic E-state index is 0.463. The summed E-state index contributed by atoms with van der Waals surface area (Å²) < 4.78 is 6.54. The molecule has 0 amide bonds. The summed E-state index contributed by atoms with van der Waals surface area (Å²) in [6.45, 7) is 0. The third-order valence-electron chi connectivity index (χ3n) is 0.605. The Hall–Kier alpha value is 1.22. The number of rotatable bonds is 0. The van der Waals surface area contributed by atoms with Crippen LogP contribution in [0.15, 0.2) is 0 Å². The van der Waals surface area contributed by atoms with Crippen molar-refractivity contribution in [3.05, 3.63) is 0 Å². The zero-order valence-corrected chi connectivity index (χ0v) is 8.27. The van der Waals surface area contributed by atoms with Gasteiger partial charge in [0.15, 0.2) is 0 Å². The molecule has 2 fully saturated rings. The van der Waals surface area contributed by atoms with Crippen LogP contribution in [0.2, 0.25) is 0 Å². The summed E-state index contributed by atoms with van der Waals surface area (Å²) in [5.41, 5.74) is 0. The van der Waals surface area contributed by atoms with Gasteiger partial charge in [-0.15, -0.1) is 0 Å². The van der Waals surface area contributed by atoms with Crippen molar-refractivity contribution in [2.45, 2.75) is 0 Å². The molecule has 4 heteroatoms. The van der Waals surface area contributed by atoms with Gasteiger partial charge in [-0.2, -0.15) is 0 Å². The fourth-order valence-electron chi connectivity index (χ4n) is 0.340. The summed E-state index contributed by atoms with van der Waals surface area (Å²) >= 11 is -0.926. The Balaban J connectivity index is 2.06. The van der Waals surface area contributed by atoms with Crippen LogP contribution in [0.1, 0.15) is 0 Å². The monoisotopic (exact) mass is 448 g/mol. The molecule has 2 nitrogen and oxygen atoms in total. The first-order valence-corrected chi connectivity index (χ1v) is 12.7. The van der Waals surface area contributed by atoms with Gasteiger partial charge in [-0.05, 0) is 0 Å². The van der Waals surface area contributed by atoms with Crippen LogP contribution < -0.4 is 0 Å². The Kier molecular flexibility index (Phi) is 0.668. The van der Waals surface area contributed by atoms with Gasteiger partial charge in [-0.25, -0.2) is 0 Å². The molecule has 0 aromatic rings. The van der Waals surface area contributed by atoms with E-state index in [4.69, 9.17) is 0 Å². The Labute approximate surface area is 47.1 Å². The van der Waals surface area contributed by atoms with Crippen LogP contribution in [0.4, 0.5) is 0 Å². The van der Waals surface area contributed by atoms with Crippen LogP contribution in [0.3, 0.4) is 0 Å². The van der Waals surface area contributed by atoms with Crippen molar-refractivity contribution < 1.29 is 32.8 Å². The number of fused-ring (bicyclic) bond motifs is 1. The van der Waals surface area contributed by atoms with E-state index in [2.05, 4.69) is 18.0 Å². The molecule has 0 aliphatic carbocycles. The molecule has 42 valence electrons. The van der Waals surface area contributed by atoms with Crippen molar-refractivity contribution in [3.8, 4) is 0 Å². The molecule has 0 N–H and O–H groups in total. The molecular formula is C2H6Ir2O2+2. The fraction of sp³-hybridized carbons (Fsp3) is 1.00. The molecule has 0 atom stereocenters. The van der Waals surface area contributed by atoms with Crippen LogP contribution >= 0.6 is 0 Å². The van der Waals surface area contributed by atoms with Gasteiger partial charge in [-0.1, -0.05) is 0 Å².